The zero-order chi connectivity index (χ0) is 14.9. The first kappa shape index (κ1) is 22.8. The third-order valence-electron chi connectivity index (χ3n) is 3.34. The van der Waals surface area contributed by atoms with Crippen LogP contribution in [0.5, 0.6) is 0 Å². The van der Waals surface area contributed by atoms with E-state index in [1.807, 2.05) is 0 Å². The first-order valence-electron chi connectivity index (χ1n) is 8.29. The molecule has 0 fully saturated rings. The van der Waals surface area contributed by atoms with E-state index >= 15 is 0 Å². The van der Waals surface area contributed by atoms with Crippen molar-refractivity contribution in [2.75, 3.05) is 0 Å². The van der Waals surface area contributed by atoms with E-state index in [-0.39, 0.29) is 19.5 Å². The van der Waals surface area contributed by atoms with Crippen molar-refractivity contribution in [2.45, 2.75) is 84.0 Å². The molecule has 0 aromatic heterocycles. The Hall–Kier alpha value is -0.427. The standard InChI is InChI=1S/C18H32O2.Zn/c1-2-3-4-5-6-7-8-9-10-11-12-13-14-15-16-17-18(19)20;/h6-7,9-10H,2-5,8,11-17H2,1H3,(H,19,20);/q;+2/b7-6-,10-9-;. The molecule has 21 heavy (non-hydrogen) atoms. The summed E-state index contributed by atoms with van der Waals surface area (Å²) in [6.45, 7) is 2.23. The second-order valence-corrected chi connectivity index (χ2v) is 5.37. The SMILES string of the molecule is CCCCC/C=C\C/C=C\CCCCCCCC(=O)O.[Zn+2]. The van der Waals surface area contributed by atoms with Gasteiger partial charge in [0.05, 0.1) is 0 Å². The molecule has 0 aromatic rings. The monoisotopic (exact) mass is 344 g/mol. The Morgan fingerprint density at radius 3 is 1.90 bits per heavy atom. The minimum Gasteiger partial charge on any atom is -0.481 e. The molecule has 0 aliphatic carbocycles. The normalized spacial score (nSPS) is 11.1. The molecule has 1 N–H and O–H groups in total. The smallest absolute Gasteiger partial charge is 0.481 e. The Bertz CT molecular complexity index is 272. The van der Waals surface area contributed by atoms with Gasteiger partial charge in [0.25, 0.3) is 0 Å². The third kappa shape index (κ3) is 22.0. The number of hydrogen-bond acceptors (Lipinski definition) is 1. The van der Waals surface area contributed by atoms with Crippen molar-refractivity contribution >= 4 is 5.97 Å². The van der Waals surface area contributed by atoms with Gasteiger partial charge >= 0.3 is 25.4 Å². The molecule has 0 rings (SSSR count). The van der Waals surface area contributed by atoms with E-state index in [1.165, 1.54) is 44.9 Å². The number of allylic oxidation sites excluding steroid dienone is 4. The molecule has 0 heterocycles. The van der Waals surface area contributed by atoms with Crippen LogP contribution in [0.15, 0.2) is 24.3 Å². The molecule has 2 nitrogen and oxygen atoms in total. The van der Waals surface area contributed by atoms with Crippen LogP contribution in [-0.4, -0.2) is 11.1 Å². The maximum Gasteiger partial charge on any atom is 2.00 e. The van der Waals surface area contributed by atoms with Crippen LogP contribution in [0.3, 0.4) is 0 Å². The zero-order valence-electron chi connectivity index (χ0n) is 13.9. The van der Waals surface area contributed by atoms with Crippen molar-refractivity contribution in [3.8, 4) is 0 Å². The number of carboxylic acid groups (broad SMARTS) is 1. The number of hydrogen-bond donors (Lipinski definition) is 1. The molecule has 0 spiro atoms. The first-order valence-corrected chi connectivity index (χ1v) is 8.29. The number of rotatable bonds is 14. The Morgan fingerprint density at radius 1 is 0.810 bits per heavy atom. The van der Waals surface area contributed by atoms with Crippen LogP contribution in [0.4, 0.5) is 0 Å². The average molecular weight is 346 g/mol. The molecule has 0 saturated carbocycles. The molecule has 116 valence electrons. The van der Waals surface area contributed by atoms with Crippen molar-refractivity contribution in [1.82, 2.24) is 0 Å². The van der Waals surface area contributed by atoms with Crippen LogP contribution in [0, 0.1) is 0 Å². The molecule has 0 aliphatic rings. The molecule has 0 unspecified atom stereocenters. The van der Waals surface area contributed by atoms with Crippen molar-refractivity contribution in [2.24, 2.45) is 0 Å². The molecule has 0 bridgehead atoms. The number of unbranched alkanes of at least 4 members (excludes halogenated alkanes) is 8. The van der Waals surface area contributed by atoms with E-state index < -0.39 is 5.97 Å². The summed E-state index contributed by atoms with van der Waals surface area (Å²) in [6.07, 6.45) is 22.3. The molecule has 0 aromatic carbocycles. The Kier molecular flexibility index (Phi) is 21.3. The van der Waals surface area contributed by atoms with Crippen molar-refractivity contribution in [3.05, 3.63) is 24.3 Å². The predicted molar refractivity (Wildman–Crippen MR) is 87.0 cm³/mol. The summed E-state index contributed by atoms with van der Waals surface area (Å²) in [4.78, 5) is 10.3. The maximum absolute atomic E-state index is 10.3. The van der Waals surface area contributed by atoms with E-state index in [2.05, 4.69) is 31.2 Å². The first-order chi connectivity index (χ1) is 9.77. The number of aliphatic carboxylic acids is 1. The topological polar surface area (TPSA) is 37.3 Å². The van der Waals surface area contributed by atoms with Gasteiger partial charge in [0.2, 0.25) is 0 Å². The van der Waals surface area contributed by atoms with Gasteiger partial charge in [-0.3, -0.25) is 4.79 Å². The fourth-order valence-corrected chi connectivity index (χ4v) is 2.09. The summed E-state index contributed by atoms with van der Waals surface area (Å²) in [7, 11) is 0. The van der Waals surface area contributed by atoms with Crippen LogP contribution in [0.2, 0.25) is 0 Å². The van der Waals surface area contributed by atoms with Crippen molar-refractivity contribution < 1.29 is 29.4 Å². The van der Waals surface area contributed by atoms with Gasteiger partial charge in [-0.05, 0) is 38.5 Å². The molecule has 0 aliphatic heterocycles. The molecular formula is C18H32O2Zn+2. The molecular weight excluding hydrogens is 314 g/mol. The summed E-state index contributed by atoms with van der Waals surface area (Å²) in [5.41, 5.74) is 0. The number of carboxylic acids is 1. The van der Waals surface area contributed by atoms with Crippen LogP contribution in [0.1, 0.15) is 84.0 Å². The molecule has 0 saturated heterocycles. The van der Waals surface area contributed by atoms with Gasteiger partial charge in [0, 0.05) is 6.42 Å². The molecule has 0 radical (unpaired) electrons. The summed E-state index contributed by atoms with van der Waals surface area (Å²) in [5.74, 6) is -0.671. The summed E-state index contributed by atoms with van der Waals surface area (Å²) in [6, 6.07) is 0. The Balaban J connectivity index is 0. The second-order valence-electron chi connectivity index (χ2n) is 5.37. The van der Waals surface area contributed by atoms with Gasteiger partial charge in [0.15, 0.2) is 0 Å². The summed E-state index contributed by atoms with van der Waals surface area (Å²) >= 11 is 0. The number of carbonyl (C=O) groups is 1. The fraction of sp³-hybridized carbons (Fsp3) is 0.722. The van der Waals surface area contributed by atoms with Gasteiger partial charge in [-0.1, -0.05) is 63.3 Å². The second kappa shape index (κ2) is 19.6. The summed E-state index contributed by atoms with van der Waals surface area (Å²) in [5, 5.41) is 8.50. The minimum absolute atomic E-state index is 0. The average Bonchev–Trinajstić information content (AvgIpc) is 2.43. The zero-order valence-corrected chi connectivity index (χ0v) is 16.8. The van der Waals surface area contributed by atoms with E-state index in [0.29, 0.717) is 6.42 Å². The van der Waals surface area contributed by atoms with Gasteiger partial charge in [-0.25, -0.2) is 0 Å². The largest absolute Gasteiger partial charge is 2.00 e. The predicted octanol–water partition coefficient (Wildman–Crippen LogP) is 5.88. The Labute approximate surface area is 143 Å². The van der Waals surface area contributed by atoms with E-state index in [9.17, 15) is 4.79 Å². The van der Waals surface area contributed by atoms with Crippen molar-refractivity contribution in [3.63, 3.8) is 0 Å². The van der Waals surface area contributed by atoms with E-state index in [4.69, 9.17) is 5.11 Å². The molecule has 0 atom stereocenters. The summed E-state index contributed by atoms with van der Waals surface area (Å²) < 4.78 is 0. The molecule has 3 heteroatoms. The van der Waals surface area contributed by atoms with Crippen LogP contribution in [-0.2, 0) is 24.3 Å². The van der Waals surface area contributed by atoms with Gasteiger partial charge in [0.1, 0.15) is 0 Å². The van der Waals surface area contributed by atoms with Crippen LogP contribution >= 0.6 is 0 Å². The fourth-order valence-electron chi connectivity index (χ4n) is 2.09. The van der Waals surface area contributed by atoms with E-state index in [1.54, 1.807) is 0 Å². The minimum atomic E-state index is -0.671. The van der Waals surface area contributed by atoms with Crippen molar-refractivity contribution in [1.29, 1.82) is 0 Å². The quantitative estimate of drug-likeness (QED) is 0.242. The third-order valence-corrected chi connectivity index (χ3v) is 3.34. The van der Waals surface area contributed by atoms with Gasteiger partial charge in [-0.15, -0.1) is 0 Å². The molecule has 0 amide bonds. The Morgan fingerprint density at radius 2 is 1.33 bits per heavy atom. The van der Waals surface area contributed by atoms with Gasteiger partial charge in [-0.2, -0.15) is 0 Å². The van der Waals surface area contributed by atoms with Crippen LogP contribution < -0.4 is 0 Å². The van der Waals surface area contributed by atoms with Gasteiger partial charge < -0.3 is 5.11 Å². The maximum atomic E-state index is 10.3. The van der Waals surface area contributed by atoms with E-state index in [0.717, 1.165) is 25.7 Å². The van der Waals surface area contributed by atoms with Crippen LogP contribution in [0.25, 0.3) is 0 Å².